The highest BCUT2D eigenvalue weighted by Gasteiger charge is 2.32. The van der Waals surface area contributed by atoms with E-state index in [1.54, 1.807) is 20.9 Å². The van der Waals surface area contributed by atoms with E-state index in [0.717, 1.165) is 0 Å². The number of hydrogen-bond donors (Lipinski definition) is 2. The maximum absolute atomic E-state index is 12.3. The summed E-state index contributed by atoms with van der Waals surface area (Å²) in [6.07, 6.45) is 2.11. The lowest BCUT2D eigenvalue weighted by Gasteiger charge is -2.28. The summed E-state index contributed by atoms with van der Waals surface area (Å²) < 4.78 is 0. The molecule has 0 heterocycles. The number of hydrogen-bond acceptors (Lipinski definition) is 5. The van der Waals surface area contributed by atoms with Crippen molar-refractivity contribution < 1.29 is 24.5 Å². The van der Waals surface area contributed by atoms with E-state index >= 15 is 0 Å². The number of carboxylic acid groups (broad SMARTS) is 1. The van der Waals surface area contributed by atoms with Gasteiger partial charge in [0.1, 0.15) is 12.1 Å². The zero-order chi connectivity index (χ0) is 20.1. The minimum atomic E-state index is -1.03. The molecule has 0 bridgehead atoms. The number of amides is 1. The first-order chi connectivity index (χ1) is 11.9. The van der Waals surface area contributed by atoms with Gasteiger partial charge in [0.2, 0.25) is 11.2 Å². The molecule has 1 unspecified atom stereocenters. The second kappa shape index (κ2) is 9.05. The van der Waals surface area contributed by atoms with Crippen LogP contribution in [0, 0.1) is 17.0 Å². The van der Waals surface area contributed by atoms with Crippen molar-refractivity contribution in [1.29, 1.82) is 0 Å². The van der Waals surface area contributed by atoms with E-state index in [9.17, 15) is 19.9 Å². The third-order valence-electron chi connectivity index (χ3n) is 4.77. The highest BCUT2D eigenvalue weighted by molar-refractivity contribution is 5.85. The molecule has 1 atom stereocenters. The van der Waals surface area contributed by atoms with Gasteiger partial charge in [0.15, 0.2) is 0 Å². The van der Waals surface area contributed by atoms with E-state index in [0.29, 0.717) is 30.7 Å². The van der Waals surface area contributed by atoms with E-state index < -0.39 is 12.0 Å². The first-order valence-corrected chi connectivity index (χ1v) is 9.04. The standard InChI is InChI=1S/C17H32N4O5/c1-11(2)14(16(23)24)18-15(22)12-7-9-13(10-8-12)26-19-21(25)20(6)17(3,4)5/h11-14H,7-10H2,1-6H3,(H,18,22)(H,23,24)/b21-19-. The van der Waals surface area contributed by atoms with Crippen molar-refractivity contribution in [2.24, 2.45) is 17.1 Å². The van der Waals surface area contributed by atoms with Gasteiger partial charge in [-0.15, -0.1) is 5.01 Å². The highest BCUT2D eigenvalue weighted by atomic mass is 16.7. The van der Waals surface area contributed by atoms with Crippen LogP contribution < -0.4 is 5.32 Å². The Balaban J connectivity index is 2.49. The largest absolute Gasteiger partial charge is 0.569 e. The second-order valence-corrected chi connectivity index (χ2v) is 8.18. The minimum absolute atomic E-state index is 0.183. The minimum Gasteiger partial charge on any atom is -0.569 e. The van der Waals surface area contributed by atoms with Gasteiger partial charge in [0.25, 0.3) is 0 Å². The molecule has 1 aliphatic carbocycles. The number of carbonyl (C=O) groups excluding carboxylic acids is 1. The van der Waals surface area contributed by atoms with Gasteiger partial charge in [0.05, 0.1) is 17.6 Å². The van der Waals surface area contributed by atoms with Gasteiger partial charge in [-0.2, -0.15) is 0 Å². The molecule has 1 rings (SSSR count). The summed E-state index contributed by atoms with van der Waals surface area (Å²) in [6.45, 7) is 9.18. The van der Waals surface area contributed by atoms with Crippen molar-refractivity contribution in [1.82, 2.24) is 10.3 Å². The van der Waals surface area contributed by atoms with Crippen molar-refractivity contribution in [3.63, 3.8) is 0 Å². The third-order valence-corrected chi connectivity index (χ3v) is 4.77. The fourth-order valence-electron chi connectivity index (χ4n) is 2.63. The molecule has 0 saturated heterocycles. The van der Waals surface area contributed by atoms with Crippen molar-refractivity contribution >= 4 is 11.9 Å². The van der Waals surface area contributed by atoms with Gasteiger partial charge >= 0.3 is 5.97 Å². The monoisotopic (exact) mass is 372 g/mol. The molecule has 1 fully saturated rings. The van der Waals surface area contributed by atoms with Gasteiger partial charge in [-0.1, -0.05) is 13.8 Å². The van der Waals surface area contributed by atoms with Crippen LogP contribution >= 0.6 is 0 Å². The van der Waals surface area contributed by atoms with Crippen molar-refractivity contribution in [2.75, 3.05) is 7.05 Å². The molecule has 150 valence electrons. The van der Waals surface area contributed by atoms with Crippen LogP contribution in [0.15, 0.2) is 5.28 Å². The maximum Gasteiger partial charge on any atom is 0.326 e. The summed E-state index contributed by atoms with van der Waals surface area (Å²) in [5.41, 5.74) is -0.374. The van der Waals surface area contributed by atoms with Gasteiger partial charge in [0, 0.05) is 5.92 Å². The van der Waals surface area contributed by atoms with Crippen molar-refractivity contribution in [3.05, 3.63) is 5.21 Å². The van der Waals surface area contributed by atoms with Crippen LogP contribution in [0.1, 0.15) is 60.3 Å². The molecule has 26 heavy (non-hydrogen) atoms. The number of carbonyl (C=O) groups is 2. The van der Waals surface area contributed by atoms with Crippen LogP contribution in [0.2, 0.25) is 0 Å². The Bertz CT molecular complexity index is 522. The van der Waals surface area contributed by atoms with Gasteiger partial charge in [-0.3, -0.25) is 4.79 Å². The van der Waals surface area contributed by atoms with Crippen LogP contribution in [0.5, 0.6) is 0 Å². The Kier molecular flexibility index (Phi) is 7.65. The van der Waals surface area contributed by atoms with Crippen LogP contribution in [0.25, 0.3) is 0 Å². The molecule has 9 nitrogen and oxygen atoms in total. The Morgan fingerprint density at radius 2 is 1.81 bits per heavy atom. The molecule has 2 N–H and O–H groups in total. The lowest BCUT2D eigenvalue weighted by Crippen LogP contribution is -2.47. The van der Waals surface area contributed by atoms with Crippen molar-refractivity contribution in [2.45, 2.75) is 78.0 Å². The topological polar surface area (TPSA) is 117 Å². The molecule has 1 amide bonds. The molecule has 0 aromatic carbocycles. The summed E-state index contributed by atoms with van der Waals surface area (Å²) in [5, 5.41) is 28.7. The lowest BCUT2D eigenvalue weighted by molar-refractivity contribution is -0.720. The lowest BCUT2D eigenvalue weighted by atomic mass is 9.86. The van der Waals surface area contributed by atoms with E-state index in [1.807, 2.05) is 20.8 Å². The fraction of sp³-hybridized carbons (Fsp3) is 0.882. The average Bonchev–Trinajstić information content (AvgIpc) is 2.55. The predicted octanol–water partition coefficient (Wildman–Crippen LogP) is 2.31. The number of aliphatic carboxylic acids is 1. The van der Waals surface area contributed by atoms with E-state index in [4.69, 9.17) is 4.84 Å². The third kappa shape index (κ3) is 6.34. The average molecular weight is 372 g/mol. The van der Waals surface area contributed by atoms with Gasteiger partial charge in [-0.25, -0.2) is 4.79 Å². The first-order valence-electron chi connectivity index (χ1n) is 9.04. The zero-order valence-electron chi connectivity index (χ0n) is 16.6. The van der Waals surface area contributed by atoms with Crippen molar-refractivity contribution in [3.8, 4) is 0 Å². The first kappa shape index (κ1) is 22.0. The molecule has 0 spiro atoms. The SMILES string of the molecule is CC(C)C(NC(=O)C1CCC(O/N=[N+](\[O-])N(C)C(C)(C)C)CC1)C(=O)O. The summed E-state index contributed by atoms with van der Waals surface area (Å²) in [5.74, 6) is -1.68. The van der Waals surface area contributed by atoms with Gasteiger partial charge in [-0.05, 0) is 52.4 Å². The number of rotatable bonds is 7. The summed E-state index contributed by atoms with van der Waals surface area (Å²) in [7, 11) is 1.63. The molecule has 1 aliphatic rings. The Morgan fingerprint density at radius 3 is 2.23 bits per heavy atom. The number of nitrogens with zero attached hydrogens (tertiary/aromatic N) is 3. The quantitative estimate of drug-likeness (QED) is 0.402. The van der Waals surface area contributed by atoms with Crippen LogP contribution in [-0.2, 0) is 14.4 Å². The normalized spacial score (nSPS) is 22.7. The molecule has 1 saturated carbocycles. The number of carboxylic acids is 1. The highest BCUT2D eigenvalue weighted by Crippen LogP contribution is 2.27. The molecule has 0 aliphatic heterocycles. The summed E-state index contributed by atoms with van der Waals surface area (Å²) in [4.78, 5) is 29.2. The van der Waals surface area contributed by atoms with Crippen LogP contribution in [-0.4, -0.2) is 51.7 Å². The molecular weight excluding hydrogens is 340 g/mol. The van der Waals surface area contributed by atoms with Gasteiger partial charge < -0.3 is 20.5 Å². The molecular formula is C17H32N4O5. The zero-order valence-corrected chi connectivity index (χ0v) is 16.6. The Morgan fingerprint density at radius 1 is 1.27 bits per heavy atom. The van der Waals surface area contributed by atoms with E-state index in [1.165, 1.54) is 5.01 Å². The number of hydrazine groups is 1. The smallest absolute Gasteiger partial charge is 0.326 e. The molecule has 0 aromatic rings. The Labute approximate surface area is 154 Å². The second-order valence-electron chi connectivity index (χ2n) is 8.18. The summed E-state index contributed by atoms with van der Waals surface area (Å²) >= 11 is 0. The fourth-order valence-corrected chi connectivity index (χ4v) is 2.63. The summed E-state index contributed by atoms with van der Waals surface area (Å²) in [6, 6.07) is -0.881. The predicted molar refractivity (Wildman–Crippen MR) is 94.8 cm³/mol. The van der Waals surface area contributed by atoms with E-state index in [-0.39, 0.29) is 29.4 Å². The van der Waals surface area contributed by atoms with Crippen LogP contribution in [0.3, 0.4) is 0 Å². The Hall–Kier alpha value is -2.06. The molecule has 9 heteroatoms. The molecule has 0 radical (unpaired) electrons. The van der Waals surface area contributed by atoms with E-state index in [2.05, 4.69) is 10.6 Å². The van der Waals surface area contributed by atoms with Crippen LogP contribution in [0.4, 0.5) is 0 Å². The maximum atomic E-state index is 12.3. The molecule has 0 aromatic heterocycles. The number of nitrogens with one attached hydrogen (secondary N) is 1.